The van der Waals surface area contributed by atoms with Crippen LogP contribution in [-0.4, -0.2) is 59.6 Å². The van der Waals surface area contributed by atoms with Gasteiger partial charge in [-0.25, -0.2) is 0 Å². The van der Waals surface area contributed by atoms with Crippen LogP contribution in [0.15, 0.2) is 0 Å². The lowest BCUT2D eigenvalue weighted by atomic mass is 9.97. The van der Waals surface area contributed by atoms with Gasteiger partial charge in [0.25, 0.3) is 0 Å². The van der Waals surface area contributed by atoms with E-state index in [1.54, 1.807) is 0 Å². The van der Waals surface area contributed by atoms with E-state index in [-0.39, 0.29) is 18.6 Å². The number of likely N-dealkylation sites (tertiary alicyclic amines) is 2. The smallest absolute Gasteiger partial charge is 0.239 e. The molecule has 4 heteroatoms. The summed E-state index contributed by atoms with van der Waals surface area (Å²) in [5.74, 6) is 0.268. The number of aliphatic hydroxyl groups is 1. The predicted molar refractivity (Wildman–Crippen MR) is 62.1 cm³/mol. The number of aliphatic hydroxyl groups excluding tert-OH is 1. The highest BCUT2D eigenvalue weighted by molar-refractivity contribution is 5.83. The molecule has 0 spiro atoms. The Kier molecular flexibility index (Phi) is 3.82. The average Bonchev–Trinajstić information content (AvgIpc) is 2.61. The summed E-state index contributed by atoms with van der Waals surface area (Å²) >= 11 is 0. The third kappa shape index (κ3) is 2.23. The van der Waals surface area contributed by atoms with E-state index in [0.717, 1.165) is 32.4 Å². The van der Waals surface area contributed by atoms with Gasteiger partial charge in [-0.2, -0.15) is 0 Å². The lowest BCUT2D eigenvalue weighted by Gasteiger charge is -2.38. The summed E-state index contributed by atoms with van der Waals surface area (Å²) in [7, 11) is 1.88. The quantitative estimate of drug-likeness (QED) is 0.760. The fourth-order valence-corrected chi connectivity index (χ4v) is 3.00. The zero-order valence-corrected chi connectivity index (χ0v) is 10.1. The number of amides is 1. The van der Waals surface area contributed by atoms with Crippen molar-refractivity contribution in [2.45, 2.75) is 44.2 Å². The summed E-state index contributed by atoms with van der Waals surface area (Å²) in [6.07, 6.45) is 5.33. The largest absolute Gasteiger partial charge is 0.396 e. The van der Waals surface area contributed by atoms with Gasteiger partial charge in [0.05, 0.1) is 6.04 Å². The second-order valence-electron chi connectivity index (χ2n) is 4.96. The van der Waals surface area contributed by atoms with Crippen molar-refractivity contribution in [3.8, 4) is 0 Å². The summed E-state index contributed by atoms with van der Waals surface area (Å²) in [5.41, 5.74) is 0. The van der Waals surface area contributed by atoms with Gasteiger partial charge < -0.3 is 10.0 Å². The minimum atomic E-state index is 0.0850. The van der Waals surface area contributed by atoms with Gasteiger partial charge in [0.1, 0.15) is 0 Å². The van der Waals surface area contributed by atoms with Gasteiger partial charge in [-0.3, -0.25) is 9.69 Å². The van der Waals surface area contributed by atoms with Gasteiger partial charge in [0.15, 0.2) is 0 Å². The highest BCUT2D eigenvalue weighted by atomic mass is 16.3. The number of carbonyl (C=O) groups is 1. The molecule has 1 amide bonds. The first-order valence-electron chi connectivity index (χ1n) is 6.35. The van der Waals surface area contributed by atoms with Crippen molar-refractivity contribution >= 4 is 5.91 Å². The van der Waals surface area contributed by atoms with Crippen LogP contribution in [0, 0.1) is 0 Å². The maximum Gasteiger partial charge on any atom is 0.239 e. The van der Waals surface area contributed by atoms with Crippen molar-refractivity contribution in [3.05, 3.63) is 0 Å². The molecule has 0 aromatic carbocycles. The molecule has 2 aliphatic rings. The van der Waals surface area contributed by atoms with Gasteiger partial charge in [-0.15, -0.1) is 0 Å². The second kappa shape index (κ2) is 5.15. The number of rotatable bonds is 3. The highest BCUT2D eigenvalue weighted by Crippen LogP contribution is 2.26. The zero-order valence-electron chi connectivity index (χ0n) is 10.1. The van der Waals surface area contributed by atoms with Crippen molar-refractivity contribution in [1.29, 1.82) is 0 Å². The first kappa shape index (κ1) is 11.9. The zero-order chi connectivity index (χ0) is 11.5. The molecule has 2 saturated heterocycles. The molecule has 0 unspecified atom stereocenters. The molecule has 2 fully saturated rings. The van der Waals surface area contributed by atoms with Gasteiger partial charge in [0, 0.05) is 26.2 Å². The Balaban J connectivity index is 2.02. The monoisotopic (exact) mass is 226 g/mol. The van der Waals surface area contributed by atoms with Crippen molar-refractivity contribution < 1.29 is 9.90 Å². The first-order chi connectivity index (χ1) is 7.74. The van der Waals surface area contributed by atoms with E-state index in [9.17, 15) is 4.79 Å². The Morgan fingerprint density at radius 1 is 1.31 bits per heavy atom. The van der Waals surface area contributed by atoms with Crippen LogP contribution in [0.4, 0.5) is 0 Å². The third-order valence-electron chi connectivity index (χ3n) is 3.93. The van der Waals surface area contributed by atoms with Crippen molar-refractivity contribution in [1.82, 2.24) is 9.80 Å². The van der Waals surface area contributed by atoms with Crippen molar-refractivity contribution in [2.24, 2.45) is 0 Å². The lowest BCUT2D eigenvalue weighted by Crippen LogP contribution is -2.49. The fourth-order valence-electron chi connectivity index (χ4n) is 3.00. The number of hydrogen-bond donors (Lipinski definition) is 1. The summed E-state index contributed by atoms with van der Waals surface area (Å²) in [6.45, 7) is 2.14. The lowest BCUT2D eigenvalue weighted by molar-refractivity contribution is -0.132. The van der Waals surface area contributed by atoms with E-state index in [1.165, 1.54) is 12.8 Å². The Morgan fingerprint density at radius 3 is 2.75 bits per heavy atom. The van der Waals surface area contributed by atoms with Crippen LogP contribution in [0.3, 0.4) is 0 Å². The molecule has 0 bridgehead atoms. The maximum absolute atomic E-state index is 12.0. The molecule has 1 N–H and O–H groups in total. The maximum atomic E-state index is 12.0. The van der Waals surface area contributed by atoms with Crippen LogP contribution in [0.2, 0.25) is 0 Å². The molecule has 2 aliphatic heterocycles. The number of piperidine rings is 1. The Bertz CT molecular complexity index is 255. The number of carbonyl (C=O) groups excluding carboxylic acids is 1. The van der Waals surface area contributed by atoms with E-state index >= 15 is 0 Å². The van der Waals surface area contributed by atoms with E-state index < -0.39 is 0 Å². The predicted octanol–water partition coefficient (Wildman–Crippen LogP) is 0.454. The van der Waals surface area contributed by atoms with Crippen molar-refractivity contribution in [3.63, 3.8) is 0 Å². The molecule has 16 heavy (non-hydrogen) atoms. The standard InChI is InChI=1S/C12H22N2O2/c1-13-8-5-11(12(13)16)14-7-3-2-4-10(14)6-9-15/h10-11,15H,2-9H2,1H3/t10-,11-/m1/s1. The van der Waals surface area contributed by atoms with Crippen LogP contribution < -0.4 is 0 Å². The third-order valence-corrected chi connectivity index (χ3v) is 3.93. The molecule has 4 nitrogen and oxygen atoms in total. The molecular formula is C12H22N2O2. The SMILES string of the molecule is CN1CC[C@@H](N2CCCC[C@@H]2CCO)C1=O. The minimum absolute atomic E-state index is 0.0850. The molecule has 0 radical (unpaired) electrons. The number of nitrogens with zero attached hydrogens (tertiary/aromatic N) is 2. The van der Waals surface area contributed by atoms with E-state index in [0.29, 0.717) is 6.04 Å². The van der Waals surface area contributed by atoms with Gasteiger partial charge in [0.2, 0.25) is 5.91 Å². The van der Waals surface area contributed by atoms with Crippen LogP contribution in [0.25, 0.3) is 0 Å². The Morgan fingerprint density at radius 2 is 2.12 bits per heavy atom. The summed E-state index contributed by atoms with van der Waals surface area (Å²) in [6, 6.07) is 0.501. The topological polar surface area (TPSA) is 43.8 Å². The van der Waals surface area contributed by atoms with Gasteiger partial charge >= 0.3 is 0 Å². The van der Waals surface area contributed by atoms with E-state index in [2.05, 4.69) is 4.90 Å². The van der Waals surface area contributed by atoms with Crippen LogP contribution in [0.5, 0.6) is 0 Å². The average molecular weight is 226 g/mol. The van der Waals surface area contributed by atoms with Crippen LogP contribution >= 0.6 is 0 Å². The normalized spacial score (nSPS) is 32.4. The number of likely N-dealkylation sites (N-methyl/N-ethyl adjacent to an activating group) is 1. The van der Waals surface area contributed by atoms with Crippen molar-refractivity contribution in [2.75, 3.05) is 26.7 Å². The fraction of sp³-hybridized carbons (Fsp3) is 0.917. The number of hydrogen-bond acceptors (Lipinski definition) is 3. The Hall–Kier alpha value is -0.610. The molecule has 92 valence electrons. The molecule has 0 aromatic rings. The van der Waals surface area contributed by atoms with E-state index in [4.69, 9.17) is 5.11 Å². The van der Waals surface area contributed by atoms with Crippen LogP contribution in [0.1, 0.15) is 32.1 Å². The molecule has 0 aromatic heterocycles. The highest BCUT2D eigenvalue weighted by Gasteiger charge is 2.37. The van der Waals surface area contributed by atoms with Gasteiger partial charge in [-0.1, -0.05) is 6.42 Å². The summed E-state index contributed by atoms with van der Waals surface area (Å²) < 4.78 is 0. The van der Waals surface area contributed by atoms with Gasteiger partial charge in [-0.05, 0) is 32.2 Å². The van der Waals surface area contributed by atoms with Crippen LogP contribution in [-0.2, 0) is 4.79 Å². The minimum Gasteiger partial charge on any atom is -0.396 e. The summed E-state index contributed by atoms with van der Waals surface area (Å²) in [5, 5.41) is 9.07. The molecular weight excluding hydrogens is 204 g/mol. The molecule has 0 aliphatic carbocycles. The van der Waals surface area contributed by atoms with E-state index in [1.807, 2.05) is 11.9 Å². The first-order valence-corrected chi connectivity index (χ1v) is 6.35. The molecule has 2 atom stereocenters. The molecule has 2 rings (SSSR count). The molecule has 0 saturated carbocycles. The Labute approximate surface area is 97.2 Å². The molecule has 2 heterocycles. The second-order valence-corrected chi connectivity index (χ2v) is 4.96. The summed E-state index contributed by atoms with van der Waals surface area (Å²) in [4.78, 5) is 16.1.